The molecular weight excluding hydrogens is 405 g/mol. The van der Waals surface area contributed by atoms with Crippen LogP contribution in [-0.4, -0.2) is 25.0 Å². The van der Waals surface area contributed by atoms with Crippen molar-refractivity contribution in [2.45, 2.75) is 25.9 Å². The molecule has 4 heterocycles. The Morgan fingerprint density at radius 1 is 1.09 bits per heavy atom. The van der Waals surface area contributed by atoms with Crippen LogP contribution in [0.4, 0.5) is 10.1 Å². The summed E-state index contributed by atoms with van der Waals surface area (Å²) in [6.07, 6.45) is 3.72. The van der Waals surface area contributed by atoms with E-state index >= 15 is 0 Å². The first-order valence-electron chi connectivity index (χ1n) is 10.6. The van der Waals surface area contributed by atoms with Crippen molar-refractivity contribution in [1.82, 2.24) is 19.1 Å². The summed E-state index contributed by atoms with van der Waals surface area (Å²) in [5.41, 5.74) is 4.45. The number of nitrogens with zero attached hydrogens (tertiary/aromatic N) is 4. The molecule has 1 aliphatic rings. The third-order valence-corrected chi connectivity index (χ3v) is 5.98. The molecule has 0 spiro atoms. The lowest BCUT2D eigenvalue weighted by Gasteiger charge is -2.12. The number of carbonyl (C=O) groups excluding carboxylic acids is 1. The lowest BCUT2D eigenvalue weighted by Crippen LogP contribution is -2.17. The Morgan fingerprint density at radius 3 is 2.91 bits per heavy atom. The van der Waals surface area contributed by atoms with E-state index in [-0.39, 0.29) is 11.7 Å². The summed E-state index contributed by atoms with van der Waals surface area (Å²) in [7, 11) is 0. The van der Waals surface area contributed by atoms with Gasteiger partial charge in [-0.15, -0.1) is 0 Å². The number of fused-ring (bicyclic) bond motifs is 4. The number of para-hydroxylation sites is 1. The smallest absolute Gasteiger partial charge is 0.272 e. The number of halogens is 1. The molecule has 1 N–H and O–H groups in total. The molecule has 6 rings (SSSR count). The number of amides is 1. The van der Waals surface area contributed by atoms with E-state index in [2.05, 4.69) is 19.9 Å². The molecular formula is C25H20FN5O. The number of anilines is 1. The summed E-state index contributed by atoms with van der Waals surface area (Å²) >= 11 is 0. The van der Waals surface area contributed by atoms with Gasteiger partial charge in [-0.2, -0.15) is 0 Å². The molecule has 0 bridgehead atoms. The molecule has 0 aliphatic carbocycles. The van der Waals surface area contributed by atoms with Crippen molar-refractivity contribution in [3.05, 3.63) is 89.8 Å². The van der Waals surface area contributed by atoms with Gasteiger partial charge >= 0.3 is 0 Å². The second kappa shape index (κ2) is 7.30. The van der Waals surface area contributed by atoms with Crippen molar-refractivity contribution in [1.29, 1.82) is 0 Å². The second-order valence-corrected chi connectivity index (χ2v) is 8.11. The molecule has 2 aromatic carbocycles. The van der Waals surface area contributed by atoms with Crippen molar-refractivity contribution in [3.63, 3.8) is 0 Å². The fraction of sp³-hybridized carbons (Fsp3) is 0.160. The minimum absolute atomic E-state index is 0.245. The Morgan fingerprint density at radius 2 is 2.00 bits per heavy atom. The van der Waals surface area contributed by atoms with E-state index in [1.807, 2.05) is 47.0 Å². The van der Waals surface area contributed by atoms with E-state index in [4.69, 9.17) is 0 Å². The fourth-order valence-corrected chi connectivity index (χ4v) is 4.53. The second-order valence-electron chi connectivity index (χ2n) is 8.11. The number of benzene rings is 2. The number of aryl methyl sites for hydroxylation is 2. The maximum Gasteiger partial charge on any atom is 0.272 e. The summed E-state index contributed by atoms with van der Waals surface area (Å²) in [6, 6.07) is 18.0. The predicted molar refractivity (Wildman–Crippen MR) is 121 cm³/mol. The van der Waals surface area contributed by atoms with Gasteiger partial charge in [-0.05, 0) is 42.3 Å². The van der Waals surface area contributed by atoms with Crippen molar-refractivity contribution >= 4 is 33.7 Å². The van der Waals surface area contributed by atoms with E-state index in [9.17, 15) is 9.18 Å². The molecule has 7 heteroatoms. The van der Waals surface area contributed by atoms with Crippen molar-refractivity contribution in [3.8, 4) is 0 Å². The monoisotopic (exact) mass is 425 g/mol. The van der Waals surface area contributed by atoms with Gasteiger partial charge in [0, 0.05) is 30.4 Å². The Bertz CT molecular complexity index is 1500. The van der Waals surface area contributed by atoms with Crippen LogP contribution in [-0.2, 0) is 19.5 Å². The van der Waals surface area contributed by atoms with Gasteiger partial charge in [-0.1, -0.05) is 30.3 Å². The van der Waals surface area contributed by atoms with Gasteiger partial charge in [-0.3, -0.25) is 4.79 Å². The van der Waals surface area contributed by atoms with E-state index in [0.717, 1.165) is 52.8 Å². The van der Waals surface area contributed by atoms with Gasteiger partial charge in [0.25, 0.3) is 5.91 Å². The topological polar surface area (TPSA) is 64.7 Å². The zero-order chi connectivity index (χ0) is 21.7. The van der Waals surface area contributed by atoms with E-state index in [0.29, 0.717) is 17.9 Å². The van der Waals surface area contributed by atoms with Gasteiger partial charge in [0.15, 0.2) is 5.65 Å². The zero-order valence-electron chi connectivity index (χ0n) is 17.3. The highest BCUT2D eigenvalue weighted by Crippen LogP contribution is 2.25. The number of aromatic nitrogens is 4. The van der Waals surface area contributed by atoms with Crippen molar-refractivity contribution in [2.75, 3.05) is 5.32 Å². The average molecular weight is 425 g/mol. The minimum atomic E-state index is -0.295. The summed E-state index contributed by atoms with van der Waals surface area (Å²) in [5, 5.41) is 3.92. The Balaban J connectivity index is 1.36. The summed E-state index contributed by atoms with van der Waals surface area (Å²) in [5.74, 6) is 0.507. The number of hydrogen-bond donors (Lipinski definition) is 1. The number of hydrogen-bond acceptors (Lipinski definition) is 3. The fourth-order valence-electron chi connectivity index (χ4n) is 4.53. The quantitative estimate of drug-likeness (QED) is 0.451. The van der Waals surface area contributed by atoms with Crippen LogP contribution in [0.25, 0.3) is 22.1 Å². The number of carbonyl (C=O) groups is 1. The molecule has 158 valence electrons. The molecule has 0 saturated heterocycles. The first-order chi connectivity index (χ1) is 15.7. The maximum absolute atomic E-state index is 13.7. The van der Waals surface area contributed by atoms with Crippen LogP contribution in [0.3, 0.4) is 0 Å². The number of rotatable bonds is 4. The van der Waals surface area contributed by atoms with Crippen LogP contribution in [0.2, 0.25) is 0 Å². The lowest BCUT2D eigenvalue weighted by molar-refractivity contribution is 0.101. The predicted octanol–water partition coefficient (Wildman–Crippen LogP) is 4.77. The number of imidazole rings is 1. The zero-order valence-corrected chi connectivity index (χ0v) is 17.3. The third kappa shape index (κ3) is 3.13. The minimum Gasteiger partial charge on any atom is -0.332 e. The summed E-state index contributed by atoms with van der Waals surface area (Å²) in [4.78, 5) is 22.5. The molecule has 3 aromatic heterocycles. The first kappa shape index (κ1) is 18.7. The van der Waals surface area contributed by atoms with Crippen LogP contribution in [0.1, 0.15) is 28.3 Å². The van der Waals surface area contributed by atoms with E-state index < -0.39 is 0 Å². The molecule has 6 nitrogen and oxygen atoms in total. The normalized spacial score (nSPS) is 13.0. The average Bonchev–Trinajstić information content (AvgIpc) is 3.47. The van der Waals surface area contributed by atoms with Gasteiger partial charge in [-0.25, -0.2) is 14.4 Å². The lowest BCUT2D eigenvalue weighted by atomic mass is 10.2. The molecule has 1 aliphatic heterocycles. The SMILES string of the molecule is O=C(Nc1cnc2c(c1)nc1n2CCC1)c1cc2ccccc2n1Cc1cccc(F)c1. The molecule has 0 radical (unpaired) electrons. The standard InChI is InChI=1S/C25H20FN5O/c26-18-7-3-5-16(11-18)15-31-21-8-2-1-6-17(21)12-22(31)25(32)28-19-13-20-24(27-14-19)30-10-4-9-23(30)29-20/h1-3,5-8,11-14H,4,9-10,15H2,(H,28,32). The number of pyridine rings is 1. The van der Waals surface area contributed by atoms with E-state index in [1.165, 1.54) is 12.1 Å². The van der Waals surface area contributed by atoms with Crippen LogP contribution in [0.5, 0.6) is 0 Å². The van der Waals surface area contributed by atoms with Crippen LogP contribution >= 0.6 is 0 Å². The van der Waals surface area contributed by atoms with Gasteiger partial charge in [0.1, 0.15) is 22.9 Å². The third-order valence-electron chi connectivity index (χ3n) is 5.98. The largest absolute Gasteiger partial charge is 0.332 e. The Kier molecular flexibility index (Phi) is 4.28. The Hall–Kier alpha value is -4.00. The van der Waals surface area contributed by atoms with Gasteiger partial charge in [0.2, 0.25) is 0 Å². The molecule has 0 atom stereocenters. The van der Waals surface area contributed by atoms with E-state index in [1.54, 1.807) is 12.3 Å². The molecule has 5 aromatic rings. The highest BCUT2D eigenvalue weighted by molar-refractivity contribution is 6.06. The van der Waals surface area contributed by atoms with Crippen LogP contribution in [0.15, 0.2) is 66.9 Å². The number of nitrogens with one attached hydrogen (secondary N) is 1. The molecule has 0 saturated carbocycles. The highest BCUT2D eigenvalue weighted by atomic mass is 19.1. The highest BCUT2D eigenvalue weighted by Gasteiger charge is 2.19. The Labute approximate surface area is 183 Å². The summed E-state index contributed by atoms with van der Waals surface area (Å²) in [6.45, 7) is 1.32. The van der Waals surface area contributed by atoms with Crippen molar-refractivity contribution in [2.24, 2.45) is 0 Å². The van der Waals surface area contributed by atoms with Crippen LogP contribution < -0.4 is 5.32 Å². The van der Waals surface area contributed by atoms with Crippen molar-refractivity contribution < 1.29 is 9.18 Å². The molecule has 0 unspecified atom stereocenters. The summed E-state index contributed by atoms with van der Waals surface area (Å²) < 4.78 is 17.8. The molecule has 1 amide bonds. The molecule has 0 fully saturated rings. The van der Waals surface area contributed by atoms with Crippen LogP contribution in [0, 0.1) is 5.82 Å². The first-order valence-corrected chi connectivity index (χ1v) is 10.6. The van der Waals surface area contributed by atoms with Gasteiger partial charge < -0.3 is 14.5 Å². The van der Waals surface area contributed by atoms with Gasteiger partial charge in [0.05, 0.1) is 11.9 Å². The molecule has 32 heavy (non-hydrogen) atoms. The maximum atomic E-state index is 13.7.